The number of furan rings is 1. The van der Waals surface area contributed by atoms with E-state index in [9.17, 15) is 0 Å². The standard InChI is InChI=1S/C57H40O/c1-56(2)50-31-30-46-45-24-11-14-27-52(45)58-55(46)54(50)47-34-40-32-39(29-28-37(40)35-51(47)56)53(36-16-5-3-6-17-36)38-18-15-21-42(33-38)57(41-19-7-4-8-20-41)48-25-12-9-22-43(48)44-23-10-13-26-49(44)57/h3-35,53H,1-2H3/t53-/m1/s1. The molecule has 0 saturated carbocycles. The van der Waals surface area contributed by atoms with Gasteiger partial charge in [-0.2, -0.15) is 0 Å². The van der Waals surface area contributed by atoms with Gasteiger partial charge in [-0.15, -0.1) is 0 Å². The Morgan fingerprint density at radius 1 is 0.397 bits per heavy atom. The number of benzene rings is 9. The largest absolute Gasteiger partial charge is 0.455 e. The highest BCUT2D eigenvalue weighted by atomic mass is 16.3. The van der Waals surface area contributed by atoms with E-state index in [1.165, 1.54) is 93.9 Å². The first-order valence-electron chi connectivity index (χ1n) is 20.5. The lowest BCUT2D eigenvalue weighted by atomic mass is 9.67. The molecule has 0 spiro atoms. The minimum Gasteiger partial charge on any atom is -0.455 e. The Morgan fingerprint density at radius 2 is 1.03 bits per heavy atom. The summed E-state index contributed by atoms with van der Waals surface area (Å²) < 4.78 is 6.67. The van der Waals surface area contributed by atoms with E-state index < -0.39 is 5.41 Å². The van der Waals surface area contributed by atoms with Gasteiger partial charge in [0.1, 0.15) is 11.2 Å². The van der Waals surface area contributed by atoms with Crippen molar-refractivity contribution in [3.05, 3.63) is 250 Å². The Bertz CT molecular complexity index is 3210. The van der Waals surface area contributed by atoms with E-state index in [0.717, 1.165) is 11.2 Å². The molecule has 274 valence electrons. The molecular formula is C57H40O. The molecule has 1 heterocycles. The molecule has 2 aliphatic rings. The quantitative estimate of drug-likeness (QED) is 0.160. The van der Waals surface area contributed by atoms with E-state index in [1.807, 2.05) is 0 Å². The average Bonchev–Trinajstić information content (AvgIpc) is 3.88. The van der Waals surface area contributed by atoms with E-state index in [1.54, 1.807) is 0 Å². The van der Waals surface area contributed by atoms with Crippen LogP contribution in [-0.2, 0) is 10.8 Å². The third-order valence-electron chi connectivity index (χ3n) is 13.4. The van der Waals surface area contributed by atoms with Crippen LogP contribution in [0.5, 0.6) is 0 Å². The molecule has 9 aromatic carbocycles. The minimum atomic E-state index is -0.460. The maximum absolute atomic E-state index is 6.67. The highest BCUT2D eigenvalue weighted by Crippen LogP contribution is 2.57. The zero-order chi connectivity index (χ0) is 38.6. The predicted molar refractivity (Wildman–Crippen MR) is 240 cm³/mol. The second kappa shape index (κ2) is 12.3. The molecule has 0 bridgehead atoms. The molecule has 0 radical (unpaired) electrons. The molecule has 1 heteroatoms. The molecular weight excluding hydrogens is 701 g/mol. The van der Waals surface area contributed by atoms with Crippen molar-refractivity contribution >= 4 is 32.7 Å². The van der Waals surface area contributed by atoms with Gasteiger partial charge >= 0.3 is 0 Å². The minimum absolute atomic E-state index is 0.0179. The van der Waals surface area contributed by atoms with Crippen molar-refractivity contribution in [2.24, 2.45) is 0 Å². The van der Waals surface area contributed by atoms with Gasteiger partial charge in [0.05, 0.1) is 5.41 Å². The molecule has 10 aromatic rings. The second-order valence-corrected chi connectivity index (χ2v) is 16.8. The van der Waals surface area contributed by atoms with Crippen molar-refractivity contribution in [2.45, 2.75) is 30.6 Å². The van der Waals surface area contributed by atoms with Crippen LogP contribution < -0.4 is 0 Å². The fourth-order valence-electron chi connectivity index (χ4n) is 10.8. The zero-order valence-electron chi connectivity index (χ0n) is 32.5. The highest BCUT2D eigenvalue weighted by molar-refractivity contribution is 6.12. The normalized spacial score (nSPS) is 14.9. The third-order valence-corrected chi connectivity index (χ3v) is 13.4. The molecule has 0 saturated heterocycles. The Kier molecular flexibility index (Phi) is 7.02. The Labute approximate surface area is 338 Å². The van der Waals surface area contributed by atoms with Crippen molar-refractivity contribution < 1.29 is 4.42 Å². The monoisotopic (exact) mass is 740 g/mol. The number of para-hydroxylation sites is 1. The summed E-state index contributed by atoms with van der Waals surface area (Å²) in [5.74, 6) is 0.0179. The first kappa shape index (κ1) is 33.2. The Morgan fingerprint density at radius 3 is 1.81 bits per heavy atom. The predicted octanol–water partition coefficient (Wildman–Crippen LogP) is 14.6. The number of fused-ring (bicyclic) bond motifs is 11. The topological polar surface area (TPSA) is 13.1 Å². The third kappa shape index (κ3) is 4.53. The summed E-state index contributed by atoms with van der Waals surface area (Å²) in [6, 6.07) is 74.6. The van der Waals surface area contributed by atoms with Crippen molar-refractivity contribution in [2.75, 3.05) is 0 Å². The fraction of sp³-hybridized carbons (Fsp3) is 0.0877. The summed E-state index contributed by atoms with van der Waals surface area (Å²) in [5, 5.41) is 4.84. The van der Waals surface area contributed by atoms with Crippen LogP contribution in [0.15, 0.2) is 205 Å². The summed E-state index contributed by atoms with van der Waals surface area (Å²) in [5.41, 5.74) is 18.2. The molecule has 2 aliphatic carbocycles. The maximum atomic E-state index is 6.67. The van der Waals surface area contributed by atoms with Crippen LogP contribution in [0, 0.1) is 0 Å². The van der Waals surface area contributed by atoms with E-state index >= 15 is 0 Å². The van der Waals surface area contributed by atoms with Gasteiger partial charge in [0, 0.05) is 27.7 Å². The SMILES string of the molecule is CC1(C)c2cc3ccc([C@H](c4ccccc4)c4cccc(C5(c6ccccc6)c6ccccc6-c6ccccc65)c4)cc3cc2-c2c1ccc1c2oc2ccccc21. The average molecular weight is 741 g/mol. The van der Waals surface area contributed by atoms with Crippen molar-refractivity contribution in [1.29, 1.82) is 0 Å². The summed E-state index contributed by atoms with van der Waals surface area (Å²) in [6.45, 7) is 4.71. The van der Waals surface area contributed by atoms with Crippen LogP contribution in [-0.4, -0.2) is 0 Å². The van der Waals surface area contributed by atoms with Crippen LogP contribution >= 0.6 is 0 Å². The maximum Gasteiger partial charge on any atom is 0.143 e. The number of hydrogen-bond acceptors (Lipinski definition) is 1. The van der Waals surface area contributed by atoms with Crippen LogP contribution in [0.2, 0.25) is 0 Å². The fourth-order valence-corrected chi connectivity index (χ4v) is 10.8. The Hall–Kier alpha value is -6.96. The molecule has 1 atom stereocenters. The molecule has 0 amide bonds. The lowest BCUT2D eigenvalue weighted by molar-refractivity contribution is 0.653. The van der Waals surface area contributed by atoms with E-state index in [4.69, 9.17) is 4.42 Å². The lowest BCUT2D eigenvalue weighted by Crippen LogP contribution is -2.28. The van der Waals surface area contributed by atoms with Crippen LogP contribution in [0.3, 0.4) is 0 Å². The van der Waals surface area contributed by atoms with Gasteiger partial charge in [-0.25, -0.2) is 0 Å². The van der Waals surface area contributed by atoms with Crippen molar-refractivity contribution in [3.63, 3.8) is 0 Å². The van der Waals surface area contributed by atoms with Crippen LogP contribution in [0.4, 0.5) is 0 Å². The summed E-state index contributed by atoms with van der Waals surface area (Å²) >= 11 is 0. The van der Waals surface area contributed by atoms with Gasteiger partial charge in [-0.05, 0) is 95.7 Å². The van der Waals surface area contributed by atoms with E-state index in [0.29, 0.717) is 0 Å². The van der Waals surface area contributed by atoms with Crippen LogP contribution in [0.25, 0.3) is 55.0 Å². The van der Waals surface area contributed by atoms with Gasteiger partial charge in [-0.3, -0.25) is 0 Å². The van der Waals surface area contributed by atoms with Crippen molar-refractivity contribution in [3.8, 4) is 22.3 Å². The van der Waals surface area contributed by atoms with Gasteiger partial charge < -0.3 is 4.42 Å². The molecule has 1 nitrogen and oxygen atoms in total. The first-order valence-corrected chi connectivity index (χ1v) is 20.5. The molecule has 0 unspecified atom stereocenters. The van der Waals surface area contributed by atoms with Gasteiger partial charge in [0.2, 0.25) is 0 Å². The summed E-state index contributed by atoms with van der Waals surface area (Å²) in [4.78, 5) is 0. The second-order valence-electron chi connectivity index (χ2n) is 16.8. The molecule has 1 aromatic heterocycles. The van der Waals surface area contributed by atoms with Crippen LogP contribution in [0.1, 0.15) is 69.8 Å². The van der Waals surface area contributed by atoms with Gasteiger partial charge in [-0.1, -0.05) is 196 Å². The van der Waals surface area contributed by atoms with Crippen molar-refractivity contribution in [1.82, 2.24) is 0 Å². The lowest BCUT2D eigenvalue weighted by Gasteiger charge is -2.34. The Balaban J connectivity index is 1.07. The smallest absolute Gasteiger partial charge is 0.143 e. The van der Waals surface area contributed by atoms with E-state index in [2.05, 4.69) is 214 Å². The number of hydrogen-bond donors (Lipinski definition) is 0. The van der Waals surface area contributed by atoms with Gasteiger partial charge in [0.25, 0.3) is 0 Å². The molecule has 58 heavy (non-hydrogen) atoms. The van der Waals surface area contributed by atoms with E-state index in [-0.39, 0.29) is 11.3 Å². The first-order chi connectivity index (χ1) is 28.5. The number of rotatable bonds is 5. The molecule has 12 rings (SSSR count). The van der Waals surface area contributed by atoms with Gasteiger partial charge in [0.15, 0.2) is 0 Å². The summed E-state index contributed by atoms with van der Waals surface area (Å²) in [6.07, 6.45) is 0. The molecule has 0 fully saturated rings. The molecule has 0 N–H and O–H groups in total. The highest BCUT2D eigenvalue weighted by Gasteiger charge is 2.46. The summed E-state index contributed by atoms with van der Waals surface area (Å²) in [7, 11) is 0. The molecule has 0 aliphatic heterocycles. The zero-order valence-corrected chi connectivity index (χ0v) is 32.5.